The molecule has 1 N–H and O–H groups in total. The van der Waals surface area contributed by atoms with Crippen molar-refractivity contribution in [2.45, 2.75) is 6.61 Å². The van der Waals surface area contributed by atoms with Gasteiger partial charge in [0.15, 0.2) is 0 Å². The maximum Gasteiger partial charge on any atom is 0.387 e. The lowest BCUT2D eigenvalue weighted by atomic mass is 10.2. The third-order valence-corrected chi connectivity index (χ3v) is 3.40. The van der Waals surface area contributed by atoms with Crippen LogP contribution < -0.4 is 10.1 Å². The lowest BCUT2D eigenvalue weighted by Crippen LogP contribution is -2.12. The van der Waals surface area contributed by atoms with Gasteiger partial charge < -0.3 is 10.1 Å². The van der Waals surface area contributed by atoms with E-state index >= 15 is 0 Å². The third-order valence-electron chi connectivity index (χ3n) is 2.46. The van der Waals surface area contributed by atoms with E-state index in [0.29, 0.717) is 11.3 Å². The number of halogens is 3. The van der Waals surface area contributed by atoms with E-state index in [2.05, 4.69) is 32.6 Å². The van der Waals surface area contributed by atoms with E-state index in [4.69, 9.17) is 0 Å². The van der Waals surface area contributed by atoms with Crippen molar-refractivity contribution >= 4 is 34.2 Å². The van der Waals surface area contributed by atoms with Crippen LogP contribution in [0.5, 0.6) is 5.75 Å². The van der Waals surface area contributed by atoms with Crippen LogP contribution in [0.4, 0.5) is 14.5 Å². The SMILES string of the molecule is O=C(Nc1ccccc1I)c1ccc(OC(F)F)cc1. The minimum Gasteiger partial charge on any atom is -0.435 e. The fourth-order valence-electron chi connectivity index (χ4n) is 1.54. The topological polar surface area (TPSA) is 38.3 Å². The Morgan fingerprint density at radius 3 is 2.35 bits per heavy atom. The van der Waals surface area contributed by atoms with Crippen LogP contribution in [0.15, 0.2) is 48.5 Å². The van der Waals surface area contributed by atoms with Crippen molar-refractivity contribution in [2.75, 3.05) is 5.32 Å². The molecule has 2 rings (SSSR count). The zero-order valence-corrected chi connectivity index (χ0v) is 12.3. The van der Waals surface area contributed by atoms with Gasteiger partial charge in [0.05, 0.1) is 5.69 Å². The second kappa shape index (κ2) is 6.65. The summed E-state index contributed by atoms with van der Waals surface area (Å²) < 4.78 is 29.2. The summed E-state index contributed by atoms with van der Waals surface area (Å²) in [6.07, 6.45) is 0. The van der Waals surface area contributed by atoms with Crippen LogP contribution in [0.25, 0.3) is 0 Å². The van der Waals surface area contributed by atoms with Crippen LogP contribution in [0.2, 0.25) is 0 Å². The number of benzene rings is 2. The van der Waals surface area contributed by atoms with Gasteiger partial charge in [0.2, 0.25) is 0 Å². The lowest BCUT2D eigenvalue weighted by Gasteiger charge is -2.08. The molecule has 0 saturated heterocycles. The molecule has 0 bridgehead atoms. The van der Waals surface area contributed by atoms with Crippen molar-refractivity contribution in [1.82, 2.24) is 0 Å². The molecule has 2 aromatic rings. The summed E-state index contributed by atoms with van der Waals surface area (Å²) in [6.45, 7) is -2.87. The van der Waals surface area contributed by atoms with Gasteiger partial charge in [0.25, 0.3) is 5.91 Å². The predicted molar refractivity (Wildman–Crippen MR) is 80.2 cm³/mol. The highest BCUT2D eigenvalue weighted by Crippen LogP contribution is 2.19. The Balaban J connectivity index is 2.08. The van der Waals surface area contributed by atoms with Gasteiger partial charge in [0.1, 0.15) is 5.75 Å². The summed E-state index contributed by atoms with van der Waals surface area (Å²) >= 11 is 2.11. The first-order valence-corrected chi connectivity index (χ1v) is 6.75. The minimum atomic E-state index is -2.87. The van der Waals surface area contributed by atoms with Gasteiger partial charge in [-0.3, -0.25) is 4.79 Å². The highest BCUT2D eigenvalue weighted by Gasteiger charge is 2.09. The van der Waals surface area contributed by atoms with Crippen molar-refractivity contribution in [3.8, 4) is 5.75 Å². The zero-order valence-electron chi connectivity index (χ0n) is 10.1. The van der Waals surface area contributed by atoms with Crippen LogP contribution in [0, 0.1) is 3.57 Å². The quantitative estimate of drug-likeness (QED) is 0.799. The van der Waals surface area contributed by atoms with Crippen molar-refractivity contribution in [3.05, 3.63) is 57.7 Å². The number of nitrogens with one attached hydrogen (secondary N) is 1. The molecular weight excluding hydrogens is 379 g/mol. The van der Waals surface area contributed by atoms with Gasteiger partial charge in [-0.15, -0.1) is 0 Å². The summed E-state index contributed by atoms with van der Waals surface area (Å²) in [7, 11) is 0. The smallest absolute Gasteiger partial charge is 0.387 e. The Kier molecular flexibility index (Phi) is 4.89. The molecule has 0 aliphatic rings. The Hall–Kier alpha value is -1.70. The predicted octanol–water partition coefficient (Wildman–Crippen LogP) is 4.14. The number of anilines is 1. The Labute approximate surface area is 128 Å². The number of carbonyl (C=O) groups excluding carboxylic acids is 1. The number of para-hydroxylation sites is 1. The second-order valence-electron chi connectivity index (χ2n) is 3.84. The third kappa shape index (κ3) is 3.89. The van der Waals surface area contributed by atoms with Crippen molar-refractivity contribution in [2.24, 2.45) is 0 Å². The van der Waals surface area contributed by atoms with Gasteiger partial charge in [-0.25, -0.2) is 0 Å². The summed E-state index contributed by atoms with van der Waals surface area (Å²) in [5, 5.41) is 2.75. The maximum absolute atomic E-state index is 12.0. The van der Waals surface area contributed by atoms with Gasteiger partial charge in [-0.2, -0.15) is 8.78 Å². The Bertz CT molecular complexity index is 602. The first kappa shape index (κ1) is 14.7. The summed E-state index contributed by atoms with van der Waals surface area (Å²) in [5.41, 5.74) is 1.07. The molecule has 0 aliphatic heterocycles. The molecule has 6 heteroatoms. The van der Waals surface area contributed by atoms with Gasteiger partial charge in [-0.05, 0) is 59.0 Å². The second-order valence-corrected chi connectivity index (χ2v) is 5.00. The van der Waals surface area contributed by atoms with Gasteiger partial charge in [-0.1, -0.05) is 12.1 Å². The molecule has 1 amide bonds. The van der Waals surface area contributed by atoms with E-state index in [1.165, 1.54) is 24.3 Å². The van der Waals surface area contributed by atoms with Gasteiger partial charge in [0, 0.05) is 9.13 Å². The maximum atomic E-state index is 12.0. The molecule has 0 aromatic heterocycles. The fourth-order valence-corrected chi connectivity index (χ4v) is 2.07. The molecule has 3 nitrogen and oxygen atoms in total. The molecule has 0 radical (unpaired) electrons. The molecule has 104 valence electrons. The van der Waals surface area contributed by atoms with E-state index in [1.807, 2.05) is 18.2 Å². The molecule has 2 aromatic carbocycles. The Morgan fingerprint density at radius 1 is 1.10 bits per heavy atom. The summed E-state index contributed by atoms with van der Waals surface area (Å²) in [4.78, 5) is 12.0. The summed E-state index contributed by atoms with van der Waals surface area (Å²) in [6, 6.07) is 12.9. The number of carbonyl (C=O) groups is 1. The molecule has 20 heavy (non-hydrogen) atoms. The summed E-state index contributed by atoms with van der Waals surface area (Å²) in [5.74, 6) is -0.288. The first-order chi connectivity index (χ1) is 9.56. The monoisotopic (exact) mass is 389 g/mol. The molecule has 0 fully saturated rings. The van der Waals surface area contributed by atoms with Crippen LogP contribution in [-0.4, -0.2) is 12.5 Å². The molecule has 0 heterocycles. The van der Waals surface area contributed by atoms with Crippen LogP contribution in [-0.2, 0) is 0 Å². The normalized spacial score (nSPS) is 10.4. The Morgan fingerprint density at radius 2 is 1.75 bits per heavy atom. The largest absolute Gasteiger partial charge is 0.435 e. The first-order valence-electron chi connectivity index (χ1n) is 5.67. The average Bonchev–Trinajstić information content (AvgIpc) is 2.41. The number of hydrogen-bond donors (Lipinski definition) is 1. The number of ether oxygens (including phenoxy) is 1. The van der Waals surface area contributed by atoms with Gasteiger partial charge >= 0.3 is 6.61 Å². The van der Waals surface area contributed by atoms with Crippen LogP contribution in [0.1, 0.15) is 10.4 Å². The molecule has 0 spiro atoms. The van der Waals surface area contributed by atoms with E-state index in [0.717, 1.165) is 3.57 Å². The number of amides is 1. The minimum absolute atomic E-state index is 0.0193. The van der Waals surface area contributed by atoms with Crippen LogP contribution >= 0.6 is 22.6 Å². The van der Waals surface area contributed by atoms with Crippen LogP contribution in [0.3, 0.4) is 0 Å². The van der Waals surface area contributed by atoms with Crippen molar-refractivity contribution < 1.29 is 18.3 Å². The van der Waals surface area contributed by atoms with E-state index in [9.17, 15) is 13.6 Å². The molecule has 0 aliphatic carbocycles. The average molecular weight is 389 g/mol. The lowest BCUT2D eigenvalue weighted by molar-refractivity contribution is -0.0498. The number of alkyl halides is 2. The highest BCUT2D eigenvalue weighted by molar-refractivity contribution is 14.1. The molecule has 0 saturated carbocycles. The fraction of sp³-hybridized carbons (Fsp3) is 0.0714. The standard InChI is InChI=1S/C14H10F2INO2/c15-14(16)20-10-7-5-9(6-8-10)13(19)18-12-4-2-1-3-11(12)17/h1-8,14H,(H,18,19). The highest BCUT2D eigenvalue weighted by atomic mass is 127. The molecule has 0 atom stereocenters. The van der Waals surface area contributed by atoms with Crippen molar-refractivity contribution in [3.63, 3.8) is 0 Å². The van der Waals surface area contributed by atoms with E-state index in [1.54, 1.807) is 6.07 Å². The molecular formula is C14H10F2INO2. The number of rotatable bonds is 4. The number of hydrogen-bond acceptors (Lipinski definition) is 2. The van der Waals surface area contributed by atoms with E-state index in [-0.39, 0.29) is 11.7 Å². The molecule has 0 unspecified atom stereocenters. The van der Waals surface area contributed by atoms with E-state index < -0.39 is 6.61 Å². The van der Waals surface area contributed by atoms with Crippen molar-refractivity contribution in [1.29, 1.82) is 0 Å². The zero-order chi connectivity index (χ0) is 14.5.